The summed E-state index contributed by atoms with van der Waals surface area (Å²) < 4.78 is 37.7. The molecule has 1 aromatic heterocycles. The molecule has 0 spiro atoms. The number of hydrogen-bond acceptors (Lipinski definition) is 9. The van der Waals surface area contributed by atoms with Crippen LogP contribution in [0.4, 0.5) is 5.13 Å². The molecule has 1 aliphatic rings. The third-order valence-electron chi connectivity index (χ3n) is 6.35. The highest BCUT2D eigenvalue weighted by molar-refractivity contribution is 7.89. The normalized spacial score (nSPS) is 14.3. The van der Waals surface area contributed by atoms with E-state index >= 15 is 0 Å². The van der Waals surface area contributed by atoms with E-state index in [1.165, 1.54) is 27.5 Å². The molecule has 10 nitrogen and oxygen atoms in total. The van der Waals surface area contributed by atoms with Crippen molar-refractivity contribution in [3.8, 4) is 17.2 Å². The Morgan fingerprint density at radius 3 is 2.23 bits per heavy atom. The number of benzene rings is 3. The topological polar surface area (TPSA) is 133 Å². The summed E-state index contributed by atoms with van der Waals surface area (Å²) >= 11 is 1.28. The van der Waals surface area contributed by atoms with Gasteiger partial charge in [0.2, 0.25) is 15.2 Å². The standard InChI is InChI=1S/C27H26N4O6S2/c1-18-2-6-20(7-3-18)37-21-8-4-19(5-9-21)16-25-28-27(38-29-25)30-12-14-31(15-13-30)39(35,36)22-10-11-23(26(33)34)24(32)17-22/h2-11,17,32H,12-16H2,1H3,(H,33,34). The summed E-state index contributed by atoms with van der Waals surface area (Å²) in [4.78, 5) is 17.6. The predicted molar refractivity (Wildman–Crippen MR) is 146 cm³/mol. The fourth-order valence-corrected chi connectivity index (χ4v) is 6.35. The van der Waals surface area contributed by atoms with Gasteiger partial charge >= 0.3 is 5.97 Å². The van der Waals surface area contributed by atoms with Crippen molar-refractivity contribution in [2.24, 2.45) is 0 Å². The quantitative estimate of drug-likeness (QED) is 0.323. The Hall–Kier alpha value is -4.00. The van der Waals surface area contributed by atoms with Crippen LogP contribution in [0.5, 0.6) is 17.2 Å². The number of aromatic hydroxyl groups is 1. The third kappa shape index (κ3) is 6.03. The number of aromatic carboxylic acids is 1. The zero-order valence-corrected chi connectivity index (χ0v) is 22.7. The van der Waals surface area contributed by atoms with E-state index in [1.807, 2.05) is 60.4 Å². The Morgan fingerprint density at radius 1 is 0.974 bits per heavy atom. The van der Waals surface area contributed by atoms with Gasteiger partial charge < -0.3 is 19.8 Å². The Morgan fingerprint density at radius 2 is 1.62 bits per heavy atom. The lowest BCUT2D eigenvalue weighted by atomic mass is 10.1. The van der Waals surface area contributed by atoms with Gasteiger partial charge in [-0.05, 0) is 48.9 Å². The van der Waals surface area contributed by atoms with Gasteiger partial charge in [0, 0.05) is 50.2 Å². The molecule has 0 radical (unpaired) electrons. The second-order valence-electron chi connectivity index (χ2n) is 9.10. The smallest absolute Gasteiger partial charge is 0.339 e. The molecular formula is C27H26N4O6S2. The molecule has 0 bridgehead atoms. The molecule has 4 aromatic rings. The van der Waals surface area contributed by atoms with E-state index in [9.17, 15) is 18.3 Å². The second-order valence-corrected chi connectivity index (χ2v) is 11.8. The highest BCUT2D eigenvalue weighted by atomic mass is 32.2. The van der Waals surface area contributed by atoms with Crippen LogP contribution in [0.25, 0.3) is 0 Å². The lowest BCUT2D eigenvalue weighted by Gasteiger charge is -2.33. The number of aryl methyl sites for hydroxylation is 1. The molecular weight excluding hydrogens is 540 g/mol. The maximum Gasteiger partial charge on any atom is 0.339 e. The van der Waals surface area contributed by atoms with Crippen LogP contribution in [0.3, 0.4) is 0 Å². The molecule has 202 valence electrons. The molecule has 0 saturated carbocycles. The number of nitrogens with zero attached hydrogens (tertiary/aromatic N) is 4. The Bertz CT molecular complexity index is 1580. The van der Waals surface area contributed by atoms with Gasteiger partial charge in [-0.2, -0.15) is 8.68 Å². The molecule has 1 fully saturated rings. The fourth-order valence-electron chi connectivity index (χ4n) is 4.17. The number of carbonyl (C=O) groups is 1. The van der Waals surface area contributed by atoms with Gasteiger partial charge in [-0.3, -0.25) is 0 Å². The molecule has 1 saturated heterocycles. The highest BCUT2D eigenvalue weighted by Gasteiger charge is 2.30. The zero-order valence-electron chi connectivity index (χ0n) is 21.0. The van der Waals surface area contributed by atoms with Crippen molar-refractivity contribution in [3.05, 3.63) is 89.2 Å². The average Bonchev–Trinajstić information content (AvgIpc) is 3.39. The van der Waals surface area contributed by atoms with Gasteiger partial charge in [0.15, 0.2) is 0 Å². The van der Waals surface area contributed by atoms with Crippen LogP contribution in [-0.4, -0.2) is 64.4 Å². The fraction of sp³-hybridized carbons (Fsp3) is 0.222. The van der Waals surface area contributed by atoms with Crippen LogP contribution in [0.2, 0.25) is 0 Å². The van der Waals surface area contributed by atoms with Crippen LogP contribution in [0.15, 0.2) is 71.6 Å². The van der Waals surface area contributed by atoms with Crippen LogP contribution in [0, 0.1) is 6.92 Å². The molecule has 0 amide bonds. The number of anilines is 1. The van der Waals surface area contributed by atoms with Crippen LogP contribution in [-0.2, 0) is 16.4 Å². The van der Waals surface area contributed by atoms with Gasteiger partial charge in [-0.25, -0.2) is 18.2 Å². The number of aromatic nitrogens is 2. The number of sulfonamides is 1. The minimum absolute atomic E-state index is 0.146. The molecule has 12 heteroatoms. The molecule has 0 atom stereocenters. The summed E-state index contributed by atoms with van der Waals surface area (Å²) in [6, 6.07) is 18.9. The molecule has 3 aromatic carbocycles. The maximum absolute atomic E-state index is 13.0. The summed E-state index contributed by atoms with van der Waals surface area (Å²) in [5.74, 6) is 0.297. The van der Waals surface area contributed by atoms with Crippen molar-refractivity contribution in [2.45, 2.75) is 18.2 Å². The monoisotopic (exact) mass is 566 g/mol. The lowest BCUT2D eigenvalue weighted by molar-refractivity contribution is 0.0693. The minimum atomic E-state index is -3.88. The second kappa shape index (κ2) is 11.0. The number of phenols is 1. The van der Waals surface area contributed by atoms with Crippen molar-refractivity contribution in [2.75, 3.05) is 31.1 Å². The minimum Gasteiger partial charge on any atom is -0.507 e. The molecule has 2 N–H and O–H groups in total. The molecule has 2 heterocycles. The van der Waals surface area contributed by atoms with E-state index in [0.717, 1.165) is 34.3 Å². The van der Waals surface area contributed by atoms with Crippen molar-refractivity contribution in [3.63, 3.8) is 0 Å². The number of carboxylic acid groups (broad SMARTS) is 1. The molecule has 0 unspecified atom stereocenters. The number of hydrogen-bond donors (Lipinski definition) is 2. The average molecular weight is 567 g/mol. The first-order valence-corrected chi connectivity index (χ1v) is 14.4. The summed E-state index contributed by atoms with van der Waals surface area (Å²) in [6.07, 6.45) is 0.561. The van der Waals surface area contributed by atoms with E-state index < -0.39 is 21.7 Å². The third-order valence-corrected chi connectivity index (χ3v) is 9.06. The first-order chi connectivity index (χ1) is 18.7. The highest BCUT2D eigenvalue weighted by Crippen LogP contribution is 2.27. The maximum atomic E-state index is 13.0. The van der Waals surface area contributed by atoms with Crippen LogP contribution < -0.4 is 9.64 Å². The molecule has 1 aliphatic heterocycles. The SMILES string of the molecule is Cc1ccc(Oc2ccc(Cc3nsc(N4CCN(S(=O)(=O)c5ccc(C(=O)O)c(O)c5)CC4)n3)cc2)cc1. The van der Waals surface area contributed by atoms with E-state index in [0.29, 0.717) is 25.3 Å². The number of piperazine rings is 1. The van der Waals surface area contributed by atoms with E-state index in [-0.39, 0.29) is 23.5 Å². The van der Waals surface area contributed by atoms with E-state index in [2.05, 4.69) is 9.36 Å². The van der Waals surface area contributed by atoms with Gasteiger partial charge in [0.25, 0.3) is 0 Å². The number of rotatable bonds is 8. The first-order valence-electron chi connectivity index (χ1n) is 12.2. The summed E-state index contributed by atoms with van der Waals surface area (Å²) in [5, 5.41) is 19.7. The molecule has 39 heavy (non-hydrogen) atoms. The van der Waals surface area contributed by atoms with Crippen LogP contribution >= 0.6 is 11.5 Å². The number of ether oxygens (including phenoxy) is 1. The summed E-state index contributed by atoms with van der Waals surface area (Å²) in [7, 11) is -3.88. The zero-order chi connectivity index (χ0) is 27.6. The van der Waals surface area contributed by atoms with Crippen molar-refractivity contribution in [1.29, 1.82) is 0 Å². The van der Waals surface area contributed by atoms with E-state index in [4.69, 9.17) is 9.84 Å². The van der Waals surface area contributed by atoms with E-state index in [1.54, 1.807) is 0 Å². The van der Waals surface area contributed by atoms with Gasteiger partial charge in [0.05, 0.1) is 4.90 Å². The molecule has 0 aliphatic carbocycles. The van der Waals surface area contributed by atoms with Gasteiger partial charge in [-0.1, -0.05) is 29.8 Å². The van der Waals surface area contributed by atoms with Gasteiger partial charge in [-0.15, -0.1) is 0 Å². The molecule has 5 rings (SSSR count). The summed E-state index contributed by atoms with van der Waals surface area (Å²) in [5.41, 5.74) is 1.87. The Labute approximate surface area is 230 Å². The lowest BCUT2D eigenvalue weighted by Crippen LogP contribution is -2.48. The van der Waals surface area contributed by atoms with Crippen molar-refractivity contribution in [1.82, 2.24) is 13.7 Å². The van der Waals surface area contributed by atoms with Crippen LogP contribution in [0.1, 0.15) is 27.3 Å². The Balaban J connectivity index is 1.17. The number of carboxylic acids is 1. The van der Waals surface area contributed by atoms with Gasteiger partial charge in [0.1, 0.15) is 28.6 Å². The summed E-state index contributed by atoms with van der Waals surface area (Å²) in [6.45, 7) is 3.33. The Kier molecular flexibility index (Phi) is 7.51. The van der Waals surface area contributed by atoms with Crippen molar-refractivity contribution >= 4 is 32.7 Å². The van der Waals surface area contributed by atoms with Crippen molar-refractivity contribution < 1.29 is 28.2 Å². The predicted octanol–water partition coefficient (Wildman–Crippen LogP) is 4.14. The first kappa shape index (κ1) is 26.6. The largest absolute Gasteiger partial charge is 0.507 e.